The summed E-state index contributed by atoms with van der Waals surface area (Å²) >= 11 is 0. The van der Waals surface area contributed by atoms with Gasteiger partial charge in [-0.1, -0.05) is 29.8 Å². The van der Waals surface area contributed by atoms with Gasteiger partial charge in [0.25, 0.3) is 0 Å². The lowest BCUT2D eigenvalue weighted by atomic mass is 10.1. The standard InChI is InChI=1S/C26H29N5O5/c1-16-5-7-18(8-6-16)15-31-24(29-25(33)30(3)26(31)34)28-20-9-10-22(17(2)11-20)36-21-12-19(13-27-14-21)23(32)35-4/h5-13,24,27-28H,14-15H2,1-4H3,(H,29,33). The lowest BCUT2D eigenvalue weighted by Crippen LogP contribution is -2.65. The number of hydrogen-bond acceptors (Lipinski definition) is 7. The minimum Gasteiger partial charge on any atom is -0.465 e. The zero-order valence-corrected chi connectivity index (χ0v) is 20.6. The van der Waals surface area contributed by atoms with E-state index in [4.69, 9.17) is 9.47 Å². The molecule has 0 saturated carbocycles. The summed E-state index contributed by atoms with van der Waals surface area (Å²) in [6.07, 6.45) is 2.47. The van der Waals surface area contributed by atoms with Gasteiger partial charge in [0, 0.05) is 18.9 Å². The molecule has 188 valence electrons. The van der Waals surface area contributed by atoms with Crippen molar-refractivity contribution in [1.82, 2.24) is 20.4 Å². The first kappa shape index (κ1) is 24.6. The SMILES string of the molecule is COC(=O)C1=CNCC(Oc2ccc(NC3NC(=O)N(C)C(=O)N3Cc3ccc(C)cc3)cc2C)=C1. The molecule has 2 aromatic rings. The molecule has 2 heterocycles. The summed E-state index contributed by atoms with van der Waals surface area (Å²) in [7, 11) is 2.77. The van der Waals surface area contributed by atoms with Gasteiger partial charge >= 0.3 is 18.0 Å². The van der Waals surface area contributed by atoms with Gasteiger partial charge in [-0.15, -0.1) is 0 Å². The Balaban J connectivity index is 1.50. The molecule has 4 rings (SSSR count). The third-order valence-corrected chi connectivity index (χ3v) is 5.87. The van der Waals surface area contributed by atoms with E-state index in [0.29, 0.717) is 35.9 Å². The Labute approximate surface area is 209 Å². The normalized spacial score (nSPS) is 17.5. The van der Waals surface area contributed by atoms with Crippen LogP contribution in [0.25, 0.3) is 0 Å². The van der Waals surface area contributed by atoms with Crippen molar-refractivity contribution in [1.29, 1.82) is 0 Å². The molecule has 0 aromatic heterocycles. The second kappa shape index (κ2) is 10.4. The van der Waals surface area contributed by atoms with Gasteiger partial charge in [-0.25, -0.2) is 19.3 Å². The maximum atomic E-state index is 12.9. The van der Waals surface area contributed by atoms with Crippen LogP contribution in [-0.2, 0) is 16.1 Å². The van der Waals surface area contributed by atoms with Gasteiger partial charge in [0.05, 0.1) is 25.8 Å². The van der Waals surface area contributed by atoms with Crippen LogP contribution in [0.3, 0.4) is 0 Å². The van der Waals surface area contributed by atoms with Crippen molar-refractivity contribution < 1.29 is 23.9 Å². The monoisotopic (exact) mass is 491 g/mol. The number of esters is 1. The van der Waals surface area contributed by atoms with Gasteiger partial charge < -0.3 is 20.1 Å². The smallest absolute Gasteiger partial charge is 0.339 e. The van der Waals surface area contributed by atoms with Gasteiger partial charge in [-0.2, -0.15) is 0 Å². The molecule has 4 amide bonds. The number of carbonyl (C=O) groups is 3. The number of nitrogens with one attached hydrogen (secondary N) is 3. The zero-order valence-electron chi connectivity index (χ0n) is 20.6. The Bertz CT molecular complexity index is 1240. The predicted octanol–water partition coefficient (Wildman–Crippen LogP) is 3.20. The average Bonchev–Trinajstić information content (AvgIpc) is 2.87. The summed E-state index contributed by atoms with van der Waals surface area (Å²) in [5.74, 6) is 0.725. The van der Waals surface area contributed by atoms with Gasteiger partial charge in [0.1, 0.15) is 11.5 Å². The fourth-order valence-electron chi connectivity index (χ4n) is 3.83. The molecule has 0 aliphatic carbocycles. The number of anilines is 1. The molecule has 1 fully saturated rings. The van der Waals surface area contributed by atoms with Crippen LogP contribution in [0.5, 0.6) is 5.75 Å². The number of methoxy groups -OCH3 is 1. The molecular weight excluding hydrogens is 462 g/mol. The lowest BCUT2D eigenvalue weighted by Gasteiger charge is -2.40. The molecule has 0 bridgehead atoms. The highest BCUT2D eigenvalue weighted by Gasteiger charge is 2.36. The second-order valence-electron chi connectivity index (χ2n) is 8.62. The summed E-state index contributed by atoms with van der Waals surface area (Å²) in [6.45, 7) is 4.63. The molecular formula is C26H29N5O5. The van der Waals surface area contributed by atoms with Crippen LogP contribution in [0.2, 0.25) is 0 Å². The number of ether oxygens (including phenoxy) is 2. The number of aryl methyl sites for hydroxylation is 2. The summed E-state index contributed by atoms with van der Waals surface area (Å²) in [4.78, 5) is 39.7. The Morgan fingerprint density at radius 2 is 1.89 bits per heavy atom. The number of amides is 4. The third kappa shape index (κ3) is 5.43. The predicted molar refractivity (Wildman–Crippen MR) is 134 cm³/mol. The van der Waals surface area contributed by atoms with Crippen LogP contribution in [0.15, 0.2) is 66.1 Å². The van der Waals surface area contributed by atoms with Gasteiger partial charge in [-0.05, 0) is 49.2 Å². The van der Waals surface area contributed by atoms with Gasteiger partial charge in [-0.3, -0.25) is 10.2 Å². The van der Waals surface area contributed by atoms with Gasteiger partial charge in [0.15, 0.2) is 6.29 Å². The van der Waals surface area contributed by atoms with Crippen molar-refractivity contribution in [3.05, 3.63) is 82.8 Å². The van der Waals surface area contributed by atoms with Crippen molar-refractivity contribution in [3.63, 3.8) is 0 Å². The number of dihydropyridines is 1. The average molecular weight is 492 g/mol. The maximum absolute atomic E-state index is 12.9. The van der Waals surface area contributed by atoms with Crippen LogP contribution in [0, 0.1) is 13.8 Å². The minimum atomic E-state index is -0.744. The lowest BCUT2D eigenvalue weighted by molar-refractivity contribution is -0.135. The molecule has 0 radical (unpaired) electrons. The molecule has 2 aliphatic rings. The van der Waals surface area contributed by atoms with Crippen LogP contribution < -0.4 is 20.7 Å². The molecule has 1 atom stereocenters. The zero-order chi connectivity index (χ0) is 25.8. The van der Waals surface area contributed by atoms with E-state index < -0.39 is 24.3 Å². The van der Waals surface area contributed by atoms with E-state index in [2.05, 4.69) is 16.0 Å². The van der Waals surface area contributed by atoms with Crippen molar-refractivity contribution >= 4 is 23.7 Å². The number of benzene rings is 2. The van der Waals surface area contributed by atoms with E-state index in [1.165, 1.54) is 14.2 Å². The van der Waals surface area contributed by atoms with E-state index in [1.54, 1.807) is 29.3 Å². The fourth-order valence-corrected chi connectivity index (χ4v) is 3.83. The quantitative estimate of drug-likeness (QED) is 0.510. The molecule has 3 N–H and O–H groups in total. The summed E-state index contributed by atoms with van der Waals surface area (Å²) in [5, 5.41) is 9.06. The van der Waals surface area contributed by atoms with Crippen molar-refractivity contribution in [3.8, 4) is 5.75 Å². The molecule has 2 aromatic carbocycles. The van der Waals surface area contributed by atoms with E-state index in [0.717, 1.165) is 21.6 Å². The Hall–Kier alpha value is -4.47. The highest BCUT2D eigenvalue weighted by Crippen LogP contribution is 2.26. The highest BCUT2D eigenvalue weighted by molar-refractivity contribution is 5.96. The molecule has 1 unspecified atom stereocenters. The Kier molecular flexibility index (Phi) is 7.14. The largest absolute Gasteiger partial charge is 0.465 e. The first-order valence-corrected chi connectivity index (χ1v) is 11.4. The molecule has 36 heavy (non-hydrogen) atoms. The Morgan fingerprint density at radius 1 is 1.14 bits per heavy atom. The number of imide groups is 1. The number of rotatable bonds is 7. The molecule has 10 heteroatoms. The number of urea groups is 2. The van der Waals surface area contributed by atoms with Crippen molar-refractivity contribution in [2.75, 3.05) is 26.0 Å². The van der Waals surface area contributed by atoms with Crippen molar-refractivity contribution in [2.24, 2.45) is 0 Å². The molecule has 2 aliphatic heterocycles. The van der Waals surface area contributed by atoms with E-state index in [-0.39, 0.29) is 0 Å². The van der Waals surface area contributed by atoms with E-state index in [1.807, 2.05) is 44.2 Å². The minimum absolute atomic E-state index is 0.318. The van der Waals surface area contributed by atoms with Crippen LogP contribution in [0.4, 0.5) is 15.3 Å². The van der Waals surface area contributed by atoms with Gasteiger partial charge in [0.2, 0.25) is 0 Å². The first-order chi connectivity index (χ1) is 17.2. The molecule has 10 nitrogen and oxygen atoms in total. The summed E-state index contributed by atoms with van der Waals surface area (Å²) < 4.78 is 10.8. The highest BCUT2D eigenvalue weighted by atomic mass is 16.5. The fraction of sp³-hybridized carbons (Fsp3) is 0.269. The van der Waals surface area contributed by atoms with Crippen molar-refractivity contribution in [2.45, 2.75) is 26.7 Å². The van der Waals surface area contributed by atoms with Crippen LogP contribution >= 0.6 is 0 Å². The first-order valence-electron chi connectivity index (χ1n) is 11.4. The third-order valence-electron chi connectivity index (χ3n) is 5.87. The van der Waals surface area contributed by atoms with Crippen LogP contribution in [0.1, 0.15) is 16.7 Å². The second-order valence-corrected chi connectivity index (χ2v) is 8.62. The summed E-state index contributed by atoms with van der Waals surface area (Å²) in [6, 6.07) is 12.5. The number of carbonyl (C=O) groups excluding carboxylic acids is 3. The van der Waals surface area contributed by atoms with E-state index >= 15 is 0 Å². The summed E-state index contributed by atoms with van der Waals surface area (Å²) in [5.41, 5.74) is 3.96. The Morgan fingerprint density at radius 3 is 2.58 bits per heavy atom. The molecule has 1 saturated heterocycles. The topological polar surface area (TPSA) is 112 Å². The van der Waals surface area contributed by atoms with Crippen LogP contribution in [-0.4, -0.2) is 54.8 Å². The van der Waals surface area contributed by atoms with E-state index in [9.17, 15) is 14.4 Å². The number of hydrogen-bond donors (Lipinski definition) is 3. The maximum Gasteiger partial charge on any atom is 0.339 e. The number of nitrogens with zero attached hydrogens (tertiary/aromatic N) is 2. The molecule has 0 spiro atoms.